The fraction of sp³-hybridized carbons (Fsp3) is 0.100. The summed E-state index contributed by atoms with van der Waals surface area (Å²) in [5.74, 6) is 0. The summed E-state index contributed by atoms with van der Waals surface area (Å²) >= 11 is 5.99. The monoisotopic (exact) mass is 236 g/mol. The molecule has 2 rings (SSSR count). The van der Waals surface area contributed by atoms with Gasteiger partial charge in [0.25, 0.3) is 0 Å². The molecule has 0 aliphatic heterocycles. The van der Waals surface area contributed by atoms with E-state index in [2.05, 4.69) is 5.10 Å². The van der Waals surface area contributed by atoms with Crippen molar-refractivity contribution in [1.29, 1.82) is 0 Å². The summed E-state index contributed by atoms with van der Waals surface area (Å²) in [6.07, 6.45) is 2.97. The third-order valence-corrected chi connectivity index (χ3v) is 2.80. The Balaban J connectivity index is 2.47. The van der Waals surface area contributed by atoms with Crippen molar-refractivity contribution in [3.05, 3.63) is 41.2 Å². The van der Waals surface area contributed by atoms with Gasteiger partial charge in [-0.25, -0.2) is 4.68 Å². The zero-order valence-corrected chi connectivity index (χ0v) is 9.39. The van der Waals surface area contributed by atoms with E-state index in [0.717, 1.165) is 11.3 Å². The van der Waals surface area contributed by atoms with Gasteiger partial charge in [0.15, 0.2) is 0 Å². The molecule has 1 aromatic heterocycles. The van der Waals surface area contributed by atoms with Crippen LogP contribution in [0.4, 0.5) is 0 Å². The van der Waals surface area contributed by atoms with Gasteiger partial charge in [-0.15, -0.1) is 0 Å². The second kappa shape index (κ2) is 4.29. The zero-order chi connectivity index (χ0) is 11.7. The lowest BCUT2D eigenvalue weighted by molar-refractivity contribution is 0.426. The van der Waals surface area contributed by atoms with E-state index in [1.807, 2.05) is 19.1 Å². The van der Waals surface area contributed by atoms with Gasteiger partial charge in [0, 0.05) is 22.9 Å². The van der Waals surface area contributed by atoms with Gasteiger partial charge in [0.1, 0.15) is 0 Å². The Labute approximate surface area is 98.2 Å². The molecule has 16 heavy (non-hydrogen) atoms. The van der Waals surface area contributed by atoms with Crippen LogP contribution in [0.5, 0.6) is 0 Å². The van der Waals surface area contributed by atoms with Crippen LogP contribution in [0.2, 0.25) is 5.02 Å². The SMILES string of the molecule is Cc1c(Cl)cccc1-n1cc(B(O)O)cn1. The minimum Gasteiger partial charge on any atom is -0.423 e. The maximum Gasteiger partial charge on any atom is 0.491 e. The number of hydrogen-bond donors (Lipinski definition) is 2. The molecule has 0 aliphatic carbocycles. The molecule has 2 aromatic rings. The lowest BCUT2D eigenvalue weighted by Crippen LogP contribution is -2.28. The van der Waals surface area contributed by atoms with E-state index >= 15 is 0 Å². The standard InChI is InChI=1S/C10H10BClN2O2/c1-7-9(12)3-2-4-10(7)14-6-8(5-13-14)11(15)16/h2-6,15-16H,1H3. The van der Waals surface area contributed by atoms with E-state index in [-0.39, 0.29) is 0 Å². The molecule has 82 valence electrons. The van der Waals surface area contributed by atoms with Crippen molar-refractivity contribution in [2.75, 3.05) is 0 Å². The van der Waals surface area contributed by atoms with E-state index in [9.17, 15) is 0 Å². The van der Waals surface area contributed by atoms with E-state index in [1.165, 1.54) is 6.20 Å². The molecule has 0 radical (unpaired) electrons. The highest BCUT2D eigenvalue weighted by molar-refractivity contribution is 6.58. The predicted molar refractivity (Wildman–Crippen MR) is 63.1 cm³/mol. The molecule has 1 heterocycles. The summed E-state index contributed by atoms with van der Waals surface area (Å²) in [5, 5.41) is 22.7. The molecule has 1 aromatic carbocycles. The first kappa shape index (κ1) is 11.2. The summed E-state index contributed by atoms with van der Waals surface area (Å²) in [7, 11) is -1.51. The number of aromatic nitrogens is 2. The molecular formula is C10H10BClN2O2. The number of halogens is 1. The zero-order valence-electron chi connectivity index (χ0n) is 8.63. The normalized spacial score (nSPS) is 10.5. The Kier molecular flexibility index (Phi) is 3.00. The molecule has 0 atom stereocenters. The predicted octanol–water partition coefficient (Wildman–Crippen LogP) is 0.514. The Morgan fingerprint density at radius 2 is 2.12 bits per heavy atom. The maximum atomic E-state index is 8.98. The number of nitrogens with zero attached hydrogens (tertiary/aromatic N) is 2. The average Bonchev–Trinajstić information content (AvgIpc) is 2.71. The van der Waals surface area contributed by atoms with E-state index in [0.29, 0.717) is 10.5 Å². The summed E-state index contributed by atoms with van der Waals surface area (Å²) in [4.78, 5) is 0. The van der Waals surface area contributed by atoms with E-state index in [4.69, 9.17) is 21.6 Å². The van der Waals surface area contributed by atoms with Crippen LogP contribution in [0.1, 0.15) is 5.56 Å². The summed E-state index contributed by atoms with van der Waals surface area (Å²) in [6.45, 7) is 1.88. The second-order valence-corrected chi connectivity index (χ2v) is 3.88. The Morgan fingerprint density at radius 3 is 2.75 bits per heavy atom. The van der Waals surface area contributed by atoms with Crippen molar-refractivity contribution < 1.29 is 10.0 Å². The quantitative estimate of drug-likeness (QED) is 0.747. The van der Waals surface area contributed by atoms with Gasteiger partial charge in [0.2, 0.25) is 0 Å². The Morgan fingerprint density at radius 1 is 1.38 bits per heavy atom. The summed E-state index contributed by atoms with van der Waals surface area (Å²) < 4.78 is 1.57. The molecule has 2 N–H and O–H groups in total. The Bertz CT molecular complexity index is 513. The molecule has 0 aliphatic rings. The summed E-state index contributed by atoms with van der Waals surface area (Å²) in [6, 6.07) is 5.48. The molecule has 0 spiro atoms. The third-order valence-electron chi connectivity index (χ3n) is 2.39. The van der Waals surface area contributed by atoms with Crippen LogP contribution in [0.3, 0.4) is 0 Å². The first-order valence-corrected chi connectivity index (χ1v) is 5.13. The fourth-order valence-corrected chi connectivity index (χ4v) is 1.62. The highest BCUT2D eigenvalue weighted by Crippen LogP contribution is 2.20. The highest BCUT2D eigenvalue weighted by Gasteiger charge is 2.14. The Hall–Kier alpha value is -1.30. The minimum atomic E-state index is -1.51. The van der Waals surface area contributed by atoms with E-state index < -0.39 is 7.12 Å². The van der Waals surface area contributed by atoms with Gasteiger partial charge in [0.05, 0.1) is 5.69 Å². The van der Waals surface area contributed by atoms with Crippen molar-refractivity contribution >= 4 is 24.2 Å². The lowest BCUT2D eigenvalue weighted by Gasteiger charge is -2.06. The van der Waals surface area contributed by atoms with Crippen LogP contribution < -0.4 is 5.46 Å². The van der Waals surface area contributed by atoms with Gasteiger partial charge in [-0.2, -0.15) is 5.10 Å². The van der Waals surface area contributed by atoms with Crippen LogP contribution in [0, 0.1) is 6.92 Å². The van der Waals surface area contributed by atoms with Crippen molar-refractivity contribution in [3.63, 3.8) is 0 Å². The smallest absolute Gasteiger partial charge is 0.423 e. The largest absolute Gasteiger partial charge is 0.491 e. The van der Waals surface area contributed by atoms with Gasteiger partial charge in [-0.1, -0.05) is 17.7 Å². The molecule has 4 nitrogen and oxygen atoms in total. The number of hydrogen-bond acceptors (Lipinski definition) is 3. The van der Waals surface area contributed by atoms with Crippen LogP contribution in [0.15, 0.2) is 30.6 Å². The summed E-state index contributed by atoms with van der Waals surface area (Å²) in [5.41, 5.74) is 2.06. The molecule has 0 saturated carbocycles. The fourth-order valence-electron chi connectivity index (χ4n) is 1.45. The van der Waals surface area contributed by atoms with Crippen molar-refractivity contribution in [2.45, 2.75) is 6.92 Å². The third kappa shape index (κ3) is 1.97. The number of benzene rings is 1. The van der Waals surface area contributed by atoms with Crippen molar-refractivity contribution in [2.24, 2.45) is 0 Å². The van der Waals surface area contributed by atoms with Crippen LogP contribution in [-0.4, -0.2) is 26.9 Å². The molecule has 6 heteroatoms. The molecular weight excluding hydrogens is 226 g/mol. The van der Waals surface area contributed by atoms with E-state index in [1.54, 1.807) is 16.9 Å². The number of rotatable bonds is 2. The van der Waals surface area contributed by atoms with Gasteiger partial charge in [-0.3, -0.25) is 0 Å². The van der Waals surface area contributed by atoms with Gasteiger partial charge >= 0.3 is 7.12 Å². The first-order chi connectivity index (χ1) is 7.59. The molecule has 0 unspecified atom stereocenters. The molecule has 0 fully saturated rings. The molecule has 0 saturated heterocycles. The molecule has 0 bridgehead atoms. The topological polar surface area (TPSA) is 58.3 Å². The van der Waals surface area contributed by atoms with Gasteiger partial charge in [-0.05, 0) is 24.6 Å². The van der Waals surface area contributed by atoms with Crippen molar-refractivity contribution in [1.82, 2.24) is 9.78 Å². The first-order valence-electron chi connectivity index (χ1n) is 4.76. The van der Waals surface area contributed by atoms with Gasteiger partial charge < -0.3 is 10.0 Å². The second-order valence-electron chi connectivity index (χ2n) is 3.48. The van der Waals surface area contributed by atoms with Crippen LogP contribution >= 0.6 is 11.6 Å². The molecule has 0 amide bonds. The average molecular weight is 236 g/mol. The van der Waals surface area contributed by atoms with Crippen molar-refractivity contribution in [3.8, 4) is 5.69 Å². The van der Waals surface area contributed by atoms with Crippen LogP contribution in [0.25, 0.3) is 5.69 Å². The lowest BCUT2D eigenvalue weighted by atomic mass is 9.83. The van der Waals surface area contributed by atoms with Crippen LogP contribution in [-0.2, 0) is 0 Å². The minimum absolute atomic E-state index is 0.347. The highest BCUT2D eigenvalue weighted by atomic mass is 35.5. The maximum absolute atomic E-state index is 8.98.